The van der Waals surface area contributed by atoms with Crippen molar-refractivity contribution in [2.24, 2.45) is 0 Å². The molecule has 0 saturated carbocycles. The lowest BCUT2D eigenvalue weighted by molar-refractivity contribution is -0.255. The summed E-state index contributed by atoms with van der Waals surface area (Å²) in [5.74, 6) is -0.654. The quantitative estimate of drug-likeness (QED) is 0.679. The molecule has 0 unspecified atom stereocenters. The fourth-order valence-corrected chi connectivity index (χ4v) is 3.64. The van der Waals surface area contributed by atoms with Crippen molar-refractivity contribution >= 4 is 51.7 Å². The van der Waals surface area contributed by atoms with E-state index in [1.807, 2.05) is 6.08 Å². The third-order valence-corrected chi connectivity index (χ3v) is 4.86. The second kappa shape index (κ2) is 6.27. The van der Waals surface area contributed by atoms with Crippen LogP contribution in [-0.4, -0.2) is 15.5 Å². The van der Waals surface area contributed by atoms with Crippen LogP contribution in [0.25, 0.3) is 22.6 Å². The molecule has 130 valence electrons. The Morgan fingerprint density at radius 1 is 1.19 bits per heavy atom. The van der Waals surface area contributed by atoms with Gasteiger partial charge in [0.1, 0.15) is 5.82 Å². The highest BCUT2D eigenvalue weighted by molar-refractivity contribution is 6.38. The fraction of sp³-hybridized carbons (Fsp3) is 0.105. The fourth-order valence-electron chi connectivity index (χ4n) is 3.10. The van der Waals surface area contributed by atoms with E-state index in [2.05, 4.69) is 4.98 Å². The Morgan fingerprint density at radius 2 is 1.92 bits per heavy atom. The minimum atomic E-state index is -1.22. The standard InChI is InChI=1S/C19H12Cl2N2O3/c20-13-8-14-16(15(21)9-13)22-17-12(5-6-23(17)18(14)24)7-10-1-3-11(4-2-10)19(25)26/h1-4,7-9H,5-6H2,(H,25,26)/p-1/b12-7+. The van der Waals surface area contributed by atoms with Gasteiger partial charge in [0.25, 0.3) is 5.56 Å². The molecule has 0 amide bonds. The van der Waals surface area contributed by atoms with Crippen LogP contribution >= 0.6 is 23.2 Å². The van der Waals surface area contributed by atoms with Gasteiger partial charge in [-0.25, -0.2) is 4.98 Å². The number of aromatic nitrogens is 2. The van der Waals surface area contributed by atoms with Crippen LogP contribution in [0.15, 0.2) is 41.2 Å². The van der Waals surface area contributed by atoms with Crippen molar-refractivity contribution in [2.75, 3.05) is 0 Å². The van der Waals surface area contributed by atoms with E-state index in [4.69, 9.17) is 23.2 Å². The van der Waals surface area contributed by atoms with E-state index in [0.29, 0.717) is 39.7 Å². The van der Waals surface area contributed by atoms with Crippen molar-refractivity contribution in [2.45, 2.75) is 13.0 Å². The number of carboxylic acid groups (broad SMARTS) is 1. The smallest absolute Gasteiger partial charge is 0.261 e. The maximum absolute atomic E-state index is 12.7. The molecule has 0 N–H and O–H groups in total. The minimum absolute atomic E-state index is 0.114. The van der Waals surface area contributed by atoms with Crippen LogP contribution in [0.2, 0.25) is 10.0 Å². The number of fused-ring (bicyclic) bond motifs is 2. The summed E-state index contributed by atoms with van der Waals surface area (Å²) in [6.07, 6.45) is 2.53. The van der Waals surface area contributed by atoms with Crippen LogP contribution < -0.4 is 10.7 Å². The summed E-state index contributed by atoms with van der Waals surface area (Å²) < 4.78 is 1.61. The Morgan fingerprint density at radius 3 is 2.62 bits per heavy atom. The van der Waals surface area contributed by atoms with Gasteiger partial charge in [-0.3, -0.25) is 9.36 Å². The molecule has 7 heteroatoms. The third kappa shape index (κ3) is 2.79. The van der Waals surface area contributed by atoms with Crippen molar-refractivity contribution in [1.82, 2.24) is 9.55 Å². The highest BCUT2D eigenvalue weighted by Gasteiger charge is 2.22. The topological polar surface area (TPSA) is 75.0 Å². The number of aromatic carboxylic acids is 1. The van der Waals surface area contributed by atoms with E-state index >= 15 is 0 Å². The lowest BCUT2D eigenvalue weighted by Crippen LogP contribution is -2.21. The van der Waals surface area contributed by atoms with Gasteiger partial charge in [0.05, 0.1) is 21.9 Å². The average molecular weight is 386 g/mol. The van der Waals surface area contributed by atoms with Gasteiger partial charge in [-0.1, -0.05) is 47.5 Å². The highest BCUT2D eigenvalue weighted by Crippen LogP contribution is 2.30. The largest absolute Gasteiger partial charge is 0.545 e. The summed E-state index contributed by atoms with van der Waals surface area (Å²) in [5, 5.41) is 12.0. The summed E-state index contributed by atoms with van der Waals surface area (Å²) >= 11 is 12.2. The number of carbonyl (C=O) groups excluding carboxylic acids is 1. The van der Waals surface area contributed by atoms with Gasteiger partial charge < -0.3 is 9.90 Å². The van der Waals surface area contributed by atoms with E-state index in [0.717, 1.165) is 11.1 Å². The maximum Gasteiger partial charge on any atom is 0.261 e. The summed E-state index contributed by atoms with van der Waals surface area (Å²) in [4.78, 5) is 28.2. The Kier molecular flexibility index (Phi) is 4.05. The van der Waals surface area contributed by atoms with Crippen molar-refractivity contribution in [3.8, 4) is 0 Å². The van der Waals surface area contributed by atoms with Crippen LogP contribution in [0, 0.1) is 0 Å². The maximum atomic E-state index is 12.7. The predicted octanol–water partition coefficient (Wildman–Crippen LogP) is 3.01. The molecule has 0 atom stereocenters. The first-order valence-electron chi connectivity index (χ1n) is 7.86. The molecule has 0 fully saturated rings. The van der Waals surface area contributed by atoms with Gasteiger partial charge in [-0.2, -0.15) is 0 Å². The zero-order chi connectivity index (χ0) is 18.4. The second-order valence-corrected chi connectivity index (χ2v) is 6.85. The lowest BCUT2D eigenvalue weighted by atomic mass is 10.1. The minimum Gasteiger partial charge on any atom is -0.545 e. The molecule has 0 saturated heterocycles. The summed E-state index contributed by atoms with van der Waals surface area (Å²) in [6.45, 7) is 0.518. The van der Waals surface area contributed by atoms with Crippen molar-refractivity contribution in [3.05, 3.63) is 73.7 Å². The number of benzene rings is 2. The Bertz CT molecular complexity index is 1150. The molecular formula is C19H11Cl2N2O3-. The second-order valence-electron chi connectivity index (χ2n) is 6.01. The molecule has 0 radical (unpaired) electrons. The molecule has 3 aromatic rings. The zero-order valence-corrected chi connectivity index (χ0v) is 14.8. The zero-order valence-electron chi connectivity index (χ0n) is 13.3. The Balaban J connectivity index is 1.85. The van der Waals surface area contributed by atoms with Crippen LogP contribution in [0.3, 0.4) is 0 Å². The van der Waals surface area contributed by atoms with Crippen molar-refractivity contribution < 1.29 is 9.90 Å². The lowest BCUT2D eigenvalue weighted by Gasteiger charge is -2.07. The molecular weight excluding hydrogens is 375 g/mol. The van der Waals surface area contributed by atoms with E-state index in [1.54, 1.807) is 28.8 Å². The Labute approximate surface area is 158 Å². The molecule has 1 aliphatic rings. The highest BCUT2D eigenvalue weighted by atomic mass is 35.5. The van der Waals surface area contributed by atoms with Gasteiger partial charge >= 0.3 is 0 Å². The van der Waals surface area contributed by atoms with E-state index in [9.17, 15) is 14.7 Å². The number of allylic oxidation sites excluding steroid dienone is 1. The number of rotatable bonds is 2. The SMILES string of the molecule is O=C([O-])c1ccc(/C=C2\CCn3c2nc2c(Cl)cc(Cl)cc2c3=O)cc1. The molecule has 4 rings (SSSR count). The molecule has 1 aromatic heterocycles. The number of carbonyl (C=O) groups is 1. The monoisotopic (exact) mass is 385 g/mol. The molecule has 0 bridgehead atoms. The number of hydrogen-bond acceptors (Lipinski definition) is 4. The van der Waals surface area contributed by atoms with Crippen molar-refractivity contribution in [1.29, 1.82) is 0 Å². The number of nitrogens with zero attached hydrogens (tertiary/aromatic N) is 2. The molecule has 26 heavy (non-hydrogen) atoms. The molecule has 5 nitrogen and oxygen atoms in total. The summed E-state index contributed by atoms with van der Waals surface area (Å²) in [5.41, 5.74) is 2.06. The van der Waals surface area contributed by atoms with Gasteiger partial charge in [0, 0.05) is 11.6 Å². The number of hydrogen-bond donors (Lipinski definition) is 0. The predicted molar refractivity (Wildman–Crippen MR) is 99.3 cm³/mol. The third-order valence-electron chi connectivity index (χ3n) is 4.36. The summed E-state index contributed by atoms with van der Waals surface area (Å²) in [7, 11) is 0. The van der Waals surface area contributed by atoms with Gasteiger partial charge in [0.15, 0.2) is 0 Å². The van der Waals surface area contributed by atoms with E-state index < -0.39 is 5.97 Å². The van der Waals surface area contributed by atoms with E-state index in [1.165, 1.54) is 12.1 Å². The van der Waals surface area contributed by atoms with Crippen LogP contribution in [0.1, 0.15) is 28.2 Å². The van der Waals surface area contributed by atoms with Gasteiger partial charge in [-0.05, 0) is 41.3 Å². The molecule has 1 aliphatic heterocycles. The summed E-state index contributed by atoms with van der Waals surface area (Å²) in [6, 6.07) is 9.48. The first-order chi connectivity index (χ1) is 12.4. The van der Waals surface area contributed by atoms with E-state index in [-0.39, 0.29) is 11.1 Å². The number of carboxylic acids is 1. The first kappa shape index (κ1) is 16.8. The normalized spacial score (nSPS) is 14.8. The number of halogens is 2. The molecule has 0 aliphatic carbocycles. The van der Waals surface area contributed by atoms with Crippen molar-refractivity contribution in [3.63, 3.8) is 0 Å². The van der Waals surface area contributed by atoms with Crippen LogP contribution in [0.5, 0.6) is 0 Å². The van der Waals surface area contributed by atoms with Gasteiger partial charge in [-0.15, -0.1) is 0 Å². The first-order valence-corrected chi connectivity index (χ1v) is 8.61. The van der Waals surface area contributed by atoms with Gasteiger partial charge in [0.2, 0.25) is 0 Å². The molecule has 0 spiro atoms. The van der Waals surface area contributed by atoms with Crippen LogP contribution in [0.4, 0.5) is 0 Å². The molecule has 2 aromatic carbocycles. The Hall–Kier alpha value is -2.63. The average Bonchev–Trinajstić information content (AvgIpc) is 3.00. The van der Waals surface area contributed by atoms with Crippen LogP contribution in [-0.2, 0) is 6.54 Å². The molecule has 2 heterocycles.